The first kappa shape index (κ1) is 15.1. The van der Waals surface area contributed by atoms with Crippen LogP contribution in [0.4, 0.5) is 0 Å². The lowest BCUT2D eigenvalue weighted by Gasteiger charge is -2.37. The van der Waals surface area contributed by atoms with Gasteiger partial charge < -0.3 is 15.0 Å². The number of nitrogens with one attached hydrogen (secondary N) is 1. The van der Waals surface area contributed by atoms with E-state index in [9.17, 15) is 0 Å². The molecule has 0 spiro atoms. The zero-order chi connectivity index (χ0) is 14.7. The molecule has 3 fully saturated rings. The van der Waals surface area contributed by atoms with Gasteiger partial charge in [-0.05, 0) is 38.1 Å². The topological polar surface area (TPSA) is 40.1 Å². The van der Waals surface area contributed by atoms with Gasteiger partial charge in [-0.25, -0.2) is 0 Å². The third-order valence-electron chi connectivity index (χ3n) is 5.24. The van der Waals surface area contributed by atoms with E-state index in [2.05, 4.69) is 27.0 Å². The molecule has 0 aromatic heterocycles. The molecule has 3 saturated heterocycles. The van der Waals surface area contributed by atoms with E-state index >= 15 is 0 Å². The molecular weight excluding hydrogens is 264 g/mol. The lowest BCUT2D eigenvalue weighted by Crippen LogP contribution is -2.52. The summed E-state index contributed by atoms with van der Waals surface area (Å²) in [6.07, 6.45) is 5.50. The zero-order valence-corrected chi connectivity index (χ0v) is 13.6. The largest absolute Gasteiger partial charge is 0.373 e. The maximum absolute atomic E-state index is 6.01. The standard InChI is InChI=1S/C16H30N4O/c1-13-5-8-19(9-6-13)16(17-2)18-10-15-11-20-7-3-4-14(20)12-21-15/h13-15H,3-12H2,1-2H3,(H,17,18). The molecule has 1 N–H and O–H groups in total. The predicted molar refractivity (Wildman–Crippen MR) is 85.7 cm³/mol. The third kappa shape index (κ3) is 3.69. The number of hydrogen-bond donors (Lipinski definition) is 1. The summed E-state index contributed by atoms with van der Waals surface area (Å²) in [5.74, 6) is 1.90. The van der Waals surface area contributed by atoms with Crippen LogP contribution in [-0.2, 0) is 4.74 Å². The Labute approximate surface area is 128 Å². The molecule has 3 aliphatic heterocycles. The van der Waals surface area contributed by atoms with Gasteiger partial charge in [-0.3, -0.25) is 9.89 Å². The first-order valence-corrected chi connectivity index (χ1v) is 8.57. The molecule has 2 unspecified atom stereocenters. The van der Waals surface area contributed by atoms with Crippen molar-refractivity contribution in [2.75, 3.05) is 46.4 Å². The average Bonchev–Trinajstić information content (AvgIpc) is 2.97. The molecule has 3 aliphatic rings. The van der Waals surface area contributed by atoms with Gasteiger partial charge in [-0.15, -0.1) is 0 Å². The second kappa shape index (κ2) is 6.97. The Kier molecular flexibility index (Phi) is 5.01. The summed E-state index contributed by atoms with van der Waals surface area (Å²) in [5, 5.41) is 3.53. The van der Waals surface area contributed by atoms with Crippen molar-refractivity contribution in [3.8, 4) is 0 Å². The molecule has 5 heteroatoms. The molecule has 21 heavy (non-hydrogen) atoms. The van der Waals surface area contributed by atoms with Gasteiger partial charge in [-0.1, -0.05) is 6.92 Å². The number of guanidine groups is 1. The normalized spacial score (nSPS) is 32.3. The Balaban J connectivity index is 1.45. The number of likely N-dealkylation sites (tertiary alicyclic amines) is 1. The summed E-state index contributed by atoms with van der Waals surface area (Å²) >= 11 is 0. The number of aliphatic imine (C=N–C) groups is 1. The molecule has 120 valence electrons. The van der Waals surface area contributed by atoms with E-state index in [1.54, 1.807) is 0 Å². The predicted octanol–water partition coefficient (Wildman–Crippen LogP) is 1.16. The highest BCUT2D eigenvalue weighted by atomic mass is 16.5. The van der Waals surface area contributed by atoms with E-state index in [-0.39, 0.29) is 0 Å². The van der Waals surface area contributed by atoms with Crippen LogP contribution in [0.25, 0.3) is 0 Å². The van der Waals surface area contributed by atoms with Crippen molar-refractivity contribution in [2.24, 2.45) is 10.9 Å². The Morgan fingerprint density at radius 2 is 2.05 bits per heavy atom. The number of morpholine rings is 1. The lowest BCUT2D eigenvalue weighted by atomic mass is 10.00. The molecule has 2 atom stereocenters. The van der Waals surface area contributed by atoms with Gasteiger partial charge in [0.15, 0.2) is 5.96 Å². The van der Waals surface area contributed by atoms with Crippen LogP contribution in [0.15, 0.2) is 4.99 Å². The third-order valence-corrected chi connectivity index (χ3v) is 5.24. The summed E-state index contributed by atoms with van der Waals surface area (Å²) in [5.41, 5.74) is 0. The molecule has 0 amide bonds. The number of hydrogen-bond acceptors (Lipinski definition) is 3. The number of fused-ring (bicyclic) bond motifs is 1. The first-order chi connectivity index (χ1) is 10.3. The highest BCUT2D eigenvalue weighted by molar-refractivity contribution is 5.80. The lowest BCUT2D eigenvalue weighted by molar-refractivity contribution is -0.0455. The van der Waals surface area contributed by atoms with Crippen molar-refractivity contribution < 1.29 is 4.74 Å². The number of nitrogens with zero attached hydrogens (tertiary/aromatic N) is 3. The van der Waals surface area contributed by atoms with E-state index in [0.717, 1.165) is 44.7 Å². The minimum Gasteiger partial charge on any atom is -0.373 e. The molecule has 0 radical (unpaired) electrons. The smallest absolute Gasteiger partial charge is 0.193 e. The maximum Gasteiger partial charge on any atom is 0.193 e. The SMILES string of the molecule is CN=C(NCC1CN2CCCC2CO1)N1CCC(C)CC1. The molecule has 3 heterocycles. The molecule has 5 nitrogen and oxygen atoms in total. The van der Waals surface area contributed by atoms with Crippen molar-refractivity contribution >= 4 is 5.96 Å². The Hall–Kier alpha value is -0.810. The maximum atomic E-state index is 6.01. The van der Waals surface area contributed by atoms with Crippen LogP contribution in [0.5, 0.6) is 0 Å². The summed E-state index contributed by atoms with van der Waals surface area (Å²) in [4.78, 5) is 9.44. The molecule has 0 aromatic rings. The van der Waals surface area contributed by atoms with Gasteiger partial charge in [0.25, 0.3) is 0 Å². The van der Waals surface area contributed by atoms with Crippen molar-refractivity contribution in [1.29, 1.82) is 0 Å². The second-order valence-electron chi connectivity index (χ2n) is 6.84. The van der Waals surface area contributed by atoms with Crippen LogP contribution < -0.4 is 5.32 Å². The average molecular weight is 294 g/mol. The van der Waals surface area contributed by atoms with E-state index in [1.165, 1.54) is 32.2 Å². The van der Waals surface area contributed by atoms with Crippen molar-refractivity contribution in [3.05, 3.63) is 0 Å². The first-order valence-electron chi connectivity index (χ1n) is 8.57. The summed E-state index contributed by atoms with van der Waals surface area (Å²) in [6.45, 7) is 8.71. The second-order valence-corrected chi connectivity index (χ2v) is 6.84. The fourth-order valence-electron chi connectivity index (χ4n) is 3.77. The van der Waals surface area contributed by atoms with Crippen LogP contribution in [0.3, 0.4) is 0 Å². The van der Waals surface area contributed by atoms with Crippen LogP contribution in [0.1, 0.15) is 32.6 Å². The van der Waals surface area contributed by atoms with Crippen LogP contribution in [0, 0.1) is 5.92 Å². The van der Waals surface area contributed by atoms with E-state index < -0.39 is 0 Å². The Bertz CT molecular complexity index is 365. The van der Waals surface area contributed by atoms with E-state index in [0.29, 0.717) is 12.1 Å². The minimum absolute atomic E-state index is 0.305. The van der Waals surface area contributed by atoms with Crippen LogP contribution in [-0.4, -0.2) is 74.3 Å². The van der Waals surface area contributed by atoms with E-state index in [4.69, 9.17) is 4.74 Å². The minimum atomic E-state index is 0.305. The Morgan fingerprint density at radius 3 is 2.81 bits per heavy atom. The quantitative estimate of drug-likeness (QED) is 0.613. The van der Waals surface area contributed by atoms with Crippen molar-refractivity contribution in [1.82, 2.24) is 15.1 Å². The molecule has 3 rings (SSSR count). The van der Waals surface area contributed by atoms with Crippen molar-refractivity contribution in [3.63, 3.8) is 0 Å². The summed E-state index contributed by atoms with van der Waals surface area (Å²) in [7, 11) is 1.89. The highest BCUT2D eigenvalue weighted by Crippen LogP contribution is 2.22. The van der Waals surface area contributed by atoms with Gasteiger partial charge in [-0.2, -0.15) is 0 Å². The monoisotopic (exact) mass is 294 g/mol. The highest BCUT2D eigenvalue weighted by Gasteiger charge is 2.32. The summed E-state index contributed by atoms with van der Waals surface area (Å²) in [6, 6.07) is 0.684. The van der Waals surface area contributed by atoms with Gasteiger partial charge in [0.05, 0.1) is 12.7 Å². The fourth-order valence-corrected chi connectivity index (χ4v) is 3.77. The van der Waals surface area contributed by atoms with Gasteiger partial charge in [0.2, 0.25) is 0 Å². The van der Waals surface area contributed by atoms with Gasteiger partial charge in [0, 0.05) is 39.3 Å². The van der Waals surface area contributed by atoms with Gasteiger partial charge >= 0.3 is 0 Å². The van der Waals surface area contributed by atoms with Gasteiger partial charge in [0.1, 0.15) is 0 Å². The van der Waals surface area contributed by atoms with Crippen LogP contribution in [0.2, 0.25) is 0 Å². The molecule has 0 aromatic carbocycles. The Morgan fingerprint density at radius 1 is 1.24 bits per heavy atom. The zero-order valence-electron chi connectivity index (χ0n) is 13.6. The summed E-state index contributed by atoms with van der Waals surface area (Å²) < 4.78 is 6.01. The number of rotatable bonds is 2. The number of piperidine rings is 1. The van der Waals surface area contributed by atoms with Crippen molar-refractivity contribution in [2.45, 2.75) is 44.8 Å². The molecular formula is C16H30N4O. The fraction of sp³-hybridized carbons (Fsp3) is 0.938. The molecule has 0 aliphatic carbocycles. The molecule has 0 bridgehead atoms. The molecule has 0 saturated carbocycles. The van der Waals surface area contributed by atoms with E-state index in [1.807, 2.05) is 7.05 Å². The number of ether oxygens (including phenoxy) is 1. The van der Waals surface area contributed by atoms with Crippen LogP contribution >= 0.6 is 0 Å².